The zero-order valence-corrected chi connectivity index (χ0v) is 20.9. The lowest BCUT2D eigenvalue weighted by Gasteiger charge is -1.81. The Labute approximate surface area is 204 Å². The molecular weight excluding hydrogens is 456 g/mol. The highest BCUT2D eigenvalue weighted by Crippen LogP contribution is 1.78. The standard InChI is InChI=1S/2C3H6N4.2C3H5N3.C2H4N4.C2H6.CH4/c1-3-4-5-6-7(3)2;1-3-4-6-7(2)5-3;2*1-6-3-2-4-5-6;1-6-2-3-4-5-6;1-2;/h2*1-2H3;2*2-3H,1H3;2H,1H3;1-2H3;1H4. The van der Waals surface area contributed by atoms with Crippen molar-refractivity contribution >= 4 is 0 Å². The molecule has 5 heterocycles. The highest BCUT2D eigenvalue weighted by molar-refractivity contribution is 4.69. The van der Waals surface area contributed by atoms with E-state index < -0.39 is 0 Å². The predicted octanol–water partition coefficient (Wildman–Crippen LogP) is -0.460. The monoisotopic (exact) mass is 492 g/mol. The molecule has 0 saturated carbocycles. The van der Waals surface area contributed by atoms with Crippen LogP contribution in [0.4, 0.5) is 0 Å². The van der Waals surface area contributed by atoms with Gasteiger partial charge in [0.05, 0.1) is 19.4 Å². The van der Waals surface area contributed by atoms with Gasteiger partial charge in [0.2, 0.25) is 0 Å². The number of nitrogens with zero attached hydrogens (tertiary/aromatic N) is 18. The molecule has 0 radical (unpaired) electrons. The Morgan fingerprint density at radius 1 is 0.629 bits per heavy atom. The van der Waals surface area contributed by atoms with Crippen LogP contribution in [-0.2, 0) is 35.2 Å². The quantitative estimate of drug-likeness (QED) is 0.270. The average molecular weight is 493 g/mol. The van der Waals surface area contributed by atoms with Gasteiger partial charge in [-0.2, -0.15) is 4.80 Å². The van der Waals surface area contributed by atoms with Crippen molar-refractivity contribution in [1.82, 2.24) is 90.6 Å². The first-order valence-electron chi connectivity index (χ1n) is 9.95. The lowest BCUT2D eigenvalue weighted by molar-refractivity contribution is 0.629. The molecule has 0 aliphatic rings. The molecule has 5 aromatic heterocycles. The van der Waals surface area contributed by atoms with Crippen molar-refractivity contribution in [2.75, 3.05) is 0 Å². The summed E-state index contributed by atoms with van der Waals surface area (Å²) in [5, 5.41) is 46.0. The van der Waals surface area contributed by atoms with Gasteiger partial charge in [-0.25, -0.2) is 9.36 Å². The van der Waals surface area contributed by atoms with Crippen molar-refractivity contribution in [2.45, 2.75) is 35.1 Å². The van der Waals surface area contributed by atoms with Crippen LogP contribution >= 0.6 is 0 Å². The largest absolute Gasteiger partial charge is 0.256 e. The Hall–Kier alpha value is -4.51. The van der Waals surface area contributed by atoms with E-state index in [0.29, 0.717) is 5.82 Å². The molecule has 18 heteroatoms. The van der Waals surface area contributed by atoms with Crippen LogP contribution in [0.25, 0.3) is 0 Å². The molecule has 194 valence electrons. The summed E-state index contributed by atoms with van der Waals surface area (Å²) in [5.41, 5.74) is 0. The molecule has 0 unspecified atom stereocenters. The Balaban J connectivity index is 0. The molecule has 5 rings (SSSR count). The van der Waals surface area contributed by atoms with Crippen molar-refractivity contribution in [3.05, 3.63) is 42.8 Å². The fourth-order valence-electron chi connectivity index (χ4n) is 1.39. The summed E-state index contributed by atoms with van der Waals surface area (Å²) < 4.78 is 6.42. The van der Waals surface area contributed by atoms with Gasteiger partial charge in [0.25, 0.3) is 0 Å². The minimum absolute atomic E-state index is 0. The number of tetrazole rings is 3. The smallest absolute Gasteiger partial charge is 0.171 e. The lowest BCUT2D eigenvalue weighted by atomic mass is 10.7. The van der Waals surface area contributed by atoms with Crippen molar-refractivity contribution in [3.8, 4) is 0 Å². The third kappa shape index (κ3) is 17.7. The molecule has 0 aliphatic heterocycles. The SMILES string of the molecule is C.CC.Cc1nnn(C)n1.Cc1nnnn1C.Cn1ccnn1.Cn1ccnn1.Cn1cnnn1. The molecule has 0 bridgehead atoms. The summed E-state index contributed by atoms with van der Waals surface area (Å²) in [6.45, 7) is 7.65. The van der Waals surface area contributed by atoms with Crippen molar-refractivity contribution in [2.24, 2.45) is 35.2 Å². The number of rotatable bonds is 0. The zero-order valence-electron chi connectivity index (χ0n) is 20.9. The fourth-order valence-corrected chi connectivity index (χ4v) is 1.39. The van der Waals surface area contributed by atoms with Gasteiger partial charge < -0.3 is 0 Å². The zero-order chi connectivity index (χ0) is 25.8. The maximum absolute atomic E-state index is 3.81. The van der Waals surface area contributed by atoms with Crippen molar-refractivity contribution < 1.29 is 0 Å². The van der Waals surface area contributed by atoms with E-state index in [4.69, 9.17) is 0 Å². The van der Waals surface area contributed by atoms with E-state index in [1.807, 2.05) is 34.9 Å². The molecule has 0 N–H and O–H groups in total. The van der Waals surface area contributed by atoms with E-state index in [9.17, 15) is 0 Å². The van der Waals surface area contributed by atoms with Crippen molar-refractivity contribution in [1.29, 1.82) is 0 Å². The van der Waals surface area contributed by atoms with Crippen LogP contribution in [0.5, 0.6) is 0 Å². The van der Waals surface area contributed by atoms with Gasteiger partial charge in [0, 0.05) is 40.6 Å². The molecule has 0 aromatic carbocycles. The number of aromatic nitrogens is 18. The van der Waals surface area contributed by atoms with Crippen LogP contribution in [0, 0.1) is 13.8 Å². The van der Waals surface area contributed by atoms with Crippen molar-refractivity contribution in [3.63, 3.8) is 0 Å². The third-order valence-electron chi connectivity index (χ3n) is 2.98. The summed E-state index contributed by atoms with van der Waals surface area (Å²) in [5.74, 6) is 1.54. The van der Waals surface area contributed by atoms with E-state index >= 15 is 0 Å². The minimum Gasteiger partial charge on any atom is -0.256 e. The maximum Gasteiger partial charge on any atom is 0.171 e. The fraction of sp³-hybridized carbons (Fsp3) is 0.588. The van der Waals surface area contributed by atoms with Crippen LogP contribution in [0.15, 0.2) is 31.1 Å². The van der Waals surface area contributed by atoms with Gasteiger partial charge in [0.15, 0.2) is 5.82 Å². The van der Waals surface area contributed by atoms with Gasteiger partial charge in [-0.15, -0.1) is 30.6 Å². The van der Waals surface area contributed by atoms with Gasteiger partial charge >= 0.3 is 0 Å². The van der Waals surface area contributed by atoms with Crippen LogP contribution in [-0.4, -0.2) is 90.6 Å². The van der Waals surface area contributed by atoms with E-state index in [-0.39, 0.29) is 7.43 Å². The second-order valence-corrected chi connectivity index (χ2v) is 5.81. The molecule has 0 spiro atoms. The third-order valence-corrected chi connectivity index (χ3v) is 2.98. The number of hydrogen-bond acceptors (Lipinski definition) is 13. The molecular formula is C17H36N18. The summed E-state index contributed by atoms with van der Waals surface area (Å²) in [6.07, 6.45) is 8.36. The molecule has 18 nitrogen and oxygen atoms in total. The summed E-state index contributed by atoms with van der Waals surface area (Å²) in [4.78, 5) is 1.43. The highest BCUT2D eigenvalue weighted by atomic mass is 15.6. The van der Waals surface area contributed by atoms with Gasteiger partial charge in [0.1, 0.15) is 12.2 Å². The van der Waals surface area contributed by atoms with E-state index in [0.717, 1.165) is 5.82 Å². The first kappa shape index (κ1) is 32.7. The summed E-state index contributed by atoms with van der Waals surface area (Å²) in [6, 6.07) is 0. The maximum atomic E-state index is 3.81. The first-order chi connectivity index (χ1) is 16.3. The summed E-state index contributed by atoms with van der Waals surface area (Å²) in [7, 11) is 8.95. The van der Waals surface area contributed by atoms with Gasteiger partial charge in [-0.05, 0) is 39.9 Å². The van der Waals surface area contributed by atoms with E-state index in [1.54, 1.807) is 66.9 Å². The van der Waals surface area contributed by atoms with Crippen LogP contribution in [0.1, 0.15) is 32.9 Å². The molecule has 35 heavy (non-hydrogen) atoms. The Bertz CT molecular complexity index is 935. The predicted molar refractivity (Wildman–Crippen MR) is 126 cm³/mol. The first-order valence-corrected chi connectivity index (χ1v) is 9.95. The number of hydrogen-bond donors (Lipinski definition) is 0. The highest BCUT2D eigenvalue weighted by Gasteiger charge is 1.87. The van der Waals surface area contributed by atoms with Gasteiger partial charge in [-0.3, -0.25) is 9.36 Å². The normalized spacial score (nSPS) is 8.49. The molecule has 0 amide bonds. The second-order valence-electron chi connectivity index (χ2n) is 5.81. The second kappa shape index (κ2) is 20.1. The van der Waals surface area contributed by atoms with Crippen LogP contribution in [0.2, 0.25) is 0 Å². The average Bonchev–Trinajstić information content (AvgIpc) is 3.65. The Morgan fingerprint density at radius 2 is 1.20 bits per heavy atom. The van der Waals surface area contributed by atoms with E-state index in [2.05, 4.69) is 67.1 Å². The minimum atomic E-state index is 0. The molecule has 0 atom stereocenters. The summed E-state index contributed by atoms with van der Waals surface area (Å²) >= 11 is 0. The molecule has 5 aromatic rings. The van der Waals surface area contributed by atoms with Crippen LogP contribution < -0.4 is 0 Å². The lowest BCUT2D eigenvalue weighted by Crippen LogP contribution is -1.92. The van der Waals surface area contributed by atoms with Gasteiger partial charge in [-0.1, -0.05) is 31.7 Å². The molecule has 0 fully saturated rings. The number of aryl methyl sites for hydroxylation is 7. The molecule has 0 aliphatic carbocycles. The Kier molecular flexibility index (Phi) is 18.8. The van der Waals surface area contributed by atoms with E-state index in [1.165, 1.54) is 15.8 Å². The topological polar surface area (TPSA) is 192 Å². The van der Waals surface area contributed by atoms with Crippen LogP contribution in [0.3, 0.4) is 0 Å². The molecule has 0 saturated heterocycles. The Morgan fingerprint density at radius 3 is 1.31 bits per heavy atom.